The Morgan fingerprint density at radius 2 is 1.23 bits per heavy atom. The summed E-state index contributed by atoms with van der Waals surface area (Å²) < 4.78 is 1.64. The van der Waals surface area contributed by atoms with E-state index in [1.165, 1.54) is 64.2 Å². The Kier molecular flexibility index (Phi) is 22.6. The normalized spacial score (nSPS) is 41.4. The fourth-order valence-electron chi connectivity index (χ4n) is 17.1. The third-order valence-corrected chi connectivity index (χ3v) is 21.1. The van der Waals surface area contributed by atoms with E-state index >= 15 is 0 Å². The van der Waals surface area contributed by atoms with E-state index in [0.717, 1.165) is 81.0 Å². The first-order valence-corrected chi connectivity index (χ1v) is 26.5. The van der Waals surface area contributed by atoms with Gasteiger partial charge in [0.1, 0.15) is 23.6 Å². The number of ketones is 2. The number of fused-ring (bicyclic) bond motifs is 10. The molecule has 8 aliphatic carbocycles. The van der Waals surface area contributed by atoms with E-state index < -0.39 is 11.2 Å². The Labute approximate surface area is 513 Å². The third kappa shape index (κ3) is 12.6. The summed E-state index contributed by atoms with van der Waals surface area (Å²) >= 11 is 3.43. The number of carbonyl (C=O) groups is 3. The molecule has 0 aromatic carbocycles. The van der Waals surface area contributed by atoms with Gasteiger partial charge >= 0.3 is 103 Å². The Bertz CT molecular complexity index is 2170. The molecule has 2 heterocycles. The van der Waals surface area contributed by atoms with Gasteiger partial charge in [-0.05, 0) is 211 Å². The van der Waals surface area contributed by atoms with Crippen molar-refractivity contribution >= 4 is 34.0 Å². The average molecular weight is 1080 g/mol. The second-order valence-corrected chi connectivity index (χ2v) is 24.5. The monoisotopic (exact) mass is 1080 g/mol. The fraction of sp³-hybridized carbons (Fsp3) is 0.796. The van der Waals surface area contributed by atoms with Crippen LogP contribution in [0.25, 0.3) is 0 Å². The molecule has 10 rings (SSSR count). The van der Waals surface area contributed by atoms with Gasteiger partial charge in [-0.1, -0.05) is 51.1 Å². The molecule has 0 saturated heterocycles. The van der Waals surface area contributed by atoms with Gasteiger partial charge < -0.3 is 21.8 Å². The van der Waals surface area contributed by atoms with Crippen molar-refractivity contribution in [3.05, 3.63) is 35.9 Å². The van der Waals surface area contributed by atoms with E-state index in [1.54, 1.807) is 29.2 Å². The van der Waals surface area contributed by atoms with Gasteiger partial charge in [0.25, 0.3) is 6.47 Å². The first-order chi connectivity index (χ1) is 31.7. The van der Waals surface area contributed by atoms with Gasteiger partial charge in [0.15, 0.2) is 11.5 Å². The van der Waals surface area contributed by atoms with Crippen LogP contribution in [-0.2, 0) is 25.8 Å². The summed E-state index contributed by atoms with van der Waals surface area (Å²) in [6.45, 7) is 14.1. The van der Waals surface area contributed by atoms with Crippen LogP contribution >= 0.6 is 15.9 Å². The molecule has 70 heavy (non-hydrogen) atoms. The van der Waals surface area contributed by atoms with Crippen LogP contribution in [-0.4, -0.2) is 64.8 Å². The molecule has 2 aromatic rings. The third-order valence-electron chi connectivity index (χ3n) is 20.5. The summed E-state index contributed by atoms with van der Waals surface area (Å²) in [7, 11) is 0. The minimum atomic E-state index is -0.483. The molecular weight excluding hydrogens is 1000 g/mol. The Morgan fingerprint density at radius 3 is 1.61 bits per heavy atom. The van der Waals surface area contributed by atoms with Crippen molar-refractivity contribution in [1.82, 2.24) is 20.0 Å². The molecule has 0 bridgehead atoms. The summed E-state index contributed by atoms with van der Waals surface area (Å²) in [5, 5.41) is 57.6. The van der Waals surface area contributed by atoms with Crippen LogP contribution in [0.2, 0.25) is 0 Å². The zero-order chi connectivity index (χ0) is 48.6. The van der Waals surface area contributed by atoms with E-state index in [-0.39, 0.29) is 147 Å². The fourth-order valence-corrected chi connectivity index (χ4v) is 17.5. The summed E-state index contributed by atoms with van der Waals surface area (Å²) in [6, 6.07) is 7.23. The van der Waals surface area contributed by atoms with Crippen LogP contribution in [0.5, 0.6) is 0 Å². The van der Waals surface area contributed by atoms with E-state index in [0.29, 0.717) is 56.9 Å². The number of H-pyrrole nitrogens is 1. The van der Waals surface area contributed by atoms with Crippen molar-refractivity contribution in [2.24, 2.45) is 80.8 Å². The number of rotatable bonds is 6. The number of hydrogen-bond acceptors (Lipinski definition) is 11. The number of hydrogen-bond donors (Lipinski definition) is 3. The molecule has 0 radical (unpaired) electrons. The molecular formula is C54H81BrK2N6O7. The minimum absolute atomic E-state index is 0. The number of halogens is 1. The van der Waals surface area contributed by atoms with Gasteiger partial charge in [0.05, 0.1) is 29.3 Å². The second kappa shape index (κ2) is 25.3. The van der Waals surface area contributed by atoms with E-state index in [9.17, 15) is 19.8 Å². The number of carbonyl (C=O) groups excluding carboxylic acids is 3. The summed E-state index contributed by atoms with van der Waals surface area (Å²) in [6.07, 6.45) is 24.1. The van der Waals surface area contributed by atoms with Crippen LogP contribution in [0, 0.1) is 104 Å². The Hall–Kier alpha value is -0.157. The molecule has 16 heteroatoms. The van der Waals surface area contributed by atoms with Crippen molar-refractivity contribution in [3.8, 4) is 12.1 Å². The molecule has 3 N–H and O–H groups in total. The predicted octanol–water partition coefficient (Wildman–Crippen LogP) is 3.57. The van der Waals surface area contributed by atoms with Gasteiger partial charge in [-0.25, -0.2) is 0 Å². The van der Waals surface area contributed by atoms with Crippen molar-refractivity contribution in [2.45, 2.75) is 182 Å². The van der Waals surface area contributed by atoms with E-state index in [1.807, 2.05) is 26.0 Å². The van der Waals surface area contributed by atoms with Crippen LogP contribution in [0.15, 0.2) is 24.5 Å². The topological polar surface area (TPSA) is 218 Å². The number of Topliss-reactive ketones (excluding diaryl/α,β-unsaturated/α-hetero) is 2. The van der Waals surface area contributed by atoms with E-state index in [2.05, 4.69) is 63.8 Å². The second-order valence-electron chi connectivity index (χ2n) is 23.9. The zero-order valence-corrected chi connectivity index (χ0v) is 50.7. The Balaban J connectivity index is 0.000000299. The average Bonchev–Trinajstić information content (AvgIpc) is 4.13. The minimum Gasteiger partial charge on any atom is -1.00 e. The van der Waals surface area contributed by atoms with Crippen molar-refractivity contribution < 1.29 is 139 Å². The standard InChI is InChI=1S/C26H37N3O2.C22H35BrO2.C4H3N3.CH2O3.CH4.2K.H/c1-24(31)11-12-25(2)17(14-24)4-5-19-20-6-7-22(26(20,3)10-8-21(19)25)23(30)16-29-13-9-18(15-27)28-29;1-20(25)10-11-21(2)14(12-20)4-5-15-16-6-7-18(19(24)13-23)22(16,3)9-8-17(15)21;5-3-4-1-2-6-7-4;2-1-4-3;;;;/h9,13,17,19-22,31H,4-8,10-12,14,16H2,1-3H3;14-18,25H,4-13H2,1-3H3;1-2H,(H,6,7);1,3H;1H4;;;/q;;;;;2*+1;-1/p-1/t17-,19-,20-,21-,22+,24+,25-,26-;14-,15-,16-,17-,18+,20+,21-,22-;;;;;;/m00....../s1. The van der Waals surface area contributed by atoms with Gasteiger partial charge in [-0.15, -0.1) is 0 Å². The first kappa shape index (κ1) is 62.4. The Morgan fingerprint density at radius 1 is 0.757 bits per heavy atom. The number of nitrogens with one attached hydrogen (secondary N) is 1. The van der Waals surface area contributed by atoms with Gasteiger partial charge in [-0.3, -0.25) is 24.2 Å². The van der Waals surface area contributed by atoms with Crippen molar-refractivity contribution in [2.75, 3.05) is 5.33 Å². The maximum atomic E-state index is 13.3. The molecule has 0 unspecified atom stereocenters. The maximum Gasteiger partial charge on any atom is 1.00 e. The van der Waals surface area contributed by atoms with Gasteiger partial charge in [0, 0.05) is 18.0 Å². The maximum absolute atomic E-state index is 13.3. The zero-order valence-electron chi connectivity index (χ0n) is 43.9. The molecule has 16 atom stereocenters. The molecule has 8 saturated carbocycles. The number of aromatic amines is 1. The van der Waals surface area contributed by atoms with Gasteiger partial charge in [0.2, 0.25) is 0 Å². The largest absolute Gasteiger partial charge is 1.00 e. The number of alkyl halides is 1. The summed E-state index contributed by atoms with van der Waals surface area (Å²) in [5.74, 6) is 7.00. The van der Waals surface area contributed by atoms with Crippen LogP contribution in [0.1, 0.15) is 177 Å². The van der Waals surface area contributed by atoms with Crippen molar-refractivity contribution in [1.29, 1.82) is 10.5 Å². The predicted molar refractivity (Wildman–Crippen MR) is 261 cm³/mol. The number of nitrogens with zero attached hydrogens (tertiary/aromatic N) is 5. The van der Waals surface area contributed by atoms with Gasteiger partial charge in [-0.2, -0.15) is 20.7 Å². The molecule has 8 aliphatic rings. The number of aromatic nitrogens is 4. The molecule has 0 amide bonds. The quantitative estimate of drug-likeness (QED) is 0.125. The number of aliphatic hydroxyl groups is 2. The molecule has 13 nitrogen and oxygen atoms in total. The molecule has 8 fully saturated rings. The smallest absolute Gasteiger partial charge is 1.00 e. The van der Waals surface area contributed by atoms with Crippen molar-refractivity contribution in [3.63, 3.8) is 0 Å². The van der Waals surface area contributed by atoms with Crippen LogP contribution in [0.3, 0.4) is 0 Å². The van der Waals surface area contributed by atoms with E-state index in [4.69, 9.17) is 20.6 Å². The first-order valence-electron chi connectivity index (χ1n) is 25.3. The van der Waals surface area contributed by atoms with Crippen LogP contribution < -0.4 is 108 Å². The molecule has 0 aliphatic heterocycles. The SMILES string of the molecule is C.C[C@@]1(O)CC[C@@]2(C)[C@@H](CC[C@@H]3[C@@H]2CC[C@]2(C)[C@@H](C(=O)CBr)CC[C@@H]32)C1.C[C@@]1(O)CC[C@@]2(C)[C@@H](CC[C@@H]3[C@@H]2CC[C@]2(C)[C@@H](C(=O)Cn4ccc(C#N)n4)CC[C@@H]32)C1.N#Cc1ccn[nH]1.O=CO[O-].[H-].[K+].[K+]. The van der Waals surface area contributed by atoms with Crippen LogP contribution in [0.4, 0.5) is 0 Å². The molecule has 2 aromatic heterocycles. The molecule has 378 valence electrons. The summed E-state index contributed by atoms with van der Waals surface area (Å²) in [4.78, 5) is 37.1. The summed E-state index contributed by atoms with van der Waals surface area (Å²) in [5.41, 5.74) is 1.08. The number of nitriles is 2. The molecule has 0 spiro atoms.